The number of carbonyl (C=O) groups is 1. The number of phenolic OH excluding ortho intramolecular Hbond substituents is 1. The maximum Gasteiger partial charge on any atom is 0.257 e. The first kappa shape index (κ1) is 19.8. The van der Waals surface area contributed by atoms with Crippen molar-refractivity contribution in [1.29, 1.82) is 0 Å². The van der Waals surface area contributed by atoms with Crippen molar-refractivity contribution >= 4 is 28.5 Å². The third-order valence-electron chi connectivity index (χ3n) is 4.96. The molecule has 0 fully saturated rings. The molecule has 6 nitrogen and oxygen atoms in total. The number of amides is 1. The number of H-pyrrole nitrogens is 1. The van der Waals surface area contributed by atoms with Crippen LogP contribution >= 0.6 is 11.6 Å². The van der Waals surface area contributed by atoms with E-state index >= 15 is 0 Å². The number of methoxy groups -OCH3 is 1. The van der Waals surface area contributed by atoms with Gasteiger partial charge in [-0.2, -0.15) is 0 Å². The number of nitrogens with one attached hydrogen (secondary N) is 1. The van der Waals surface area contributed by atoms with Gasteiger partial charge in [-0.1, -0.05) is 29.8 Å². The molecule has 0 saturated heterocycles. The van der Waals surface area contributed by atoms with Crippen molar-refractivity contribution in [2.75, 3.05) is 21.2 Å². The Labute approximate surface area is 178 Å². The van der Waals surface area contributed by atoms with Gasteiger partial charge in [-0.05, 0) is 29.8 Å². The van der Waals surface area contributed by atoms with Crippen molar-refractivity contribution < 1.29 is 14.6 Å². The minimum absolute atomic E-state index is 0.108. The second-order valence-electron chi connectivity index (χ2n) is 7.08. The molecule has 0 aliphatic heterocycles. The zero-order valence-corrected chi connectivity index (χ0v) is 17.5. The van der Waals surface area contributed by atoms with Gasteiger partial charge >= 0.3 is 0 Å². The van der Waals surface area contributed by atoms with Crippen LogP contribution in [0.4, 0.5) is 0 Å². The fraction of sp³-hybridized carbons (Fsp3) is 0.130. The van der Waals surface area contributed by atoms with Gasteiger partial charge in [0.15, 0.2) is 0 Å². The monoisotopic (exact) mass is 421 g/mol. The molecule has 0 saturated carbocycles. The number of hydrogen-bond acceptors (Lipinski definition) is 4. The highest BCUT2D eigenvalue weighted by Crippen LogP contribution is 2.38. The molecular formula is C23H20ClN3O3. The predicted octanol–water partition coefficient (Wildman–Crippen LogP) is 4.97. The van der Waals surface area contributed by atoms with Gasteiger partial charge in [-0.25, -0.2) is 4.98 Å². The van der Waals surface area contributed by atoms with E-state index in [4.69, 9.17) is 16.3 Å². The summed E-state index contributed by atoms with van der Waals surface area (Å²) < 4.78 is 5.50. The zero-order valence-electron chi connectivity index (χ0n) is 16.7. The van der Waals surface area contributed by atoms with Gasteiger partial charge in [-0.15, -0.1) is 0 Å². The Morgan fingerprint density at radius 2 is 1.90 bits per heavy atom. The molecule has 0 aliphatic rings. The molecule has 0 unspecified atom stereocenters. The standard InChI is InChI=1S/C23H20ClN3O3/c1-27(2)23(29)17-8-13(10-19(24)21(17)28)14-9-16-18(12-26-22(16)25-11-14)15-6-4-5-7-20(15)30-3/h4-12,28H,1-3H3,(H,25,26). The minimum Gasteiger partial charge on any atom is -0.506 e. The molecule has 2 aromatic carbocycles. The summed E-state index contributed by atoms with van der Waals surface area (Å²) in [5, 5.41) is 11.3. The number of nitrogens with zero attached hydrogens (tertiary/aromatic N) is 2. The van der Waals surface area contributed by atoms with E-state index in [0.29, 0.717) is 5.56 Å². The number of phenols is 1. The topological polar surface area (TPSA) is 78.5 Å². The molecule has 152 valence electrons. The van der Waals surface area contributed by atoms with Crippen LogP contribution in [-0.2, 0) is 0 Å². The van der Waals surface area contributed by atoms with E-state index in [1.807, 2.05) is 36.5 Å². The molecule has 1 amide bonds. The highest BCUT2D eigenvalue weighted by molar-refractivity contribution is 6.33. The van der Waals surface area contributed by atoms with Gasteiger partial charge in [0.1, 0.15) is 17.1 Å². The number of rotatable bonds is 4. The summed E-state index contributed by atoms with van der Waals surface area (Å²) >= 11 is 6.22. The van der Waals surface area contributed by atoms with Crippen LogP contribution in [0.3, 0.4) is 0 Å². The maximum atomic E-state index is 12.5. The molecule has 7 heteroatoms. The van der Waals surface area contributed by atoms with Crippen LogP contribution in [0.5, 0.6) is 11.5 Å². The lowest BCUT2D eigenvalue weighted by atomic mass is 10.00. The summed E-state index contributed by atoms with van der Waals surface area (Å²) in [5.41, 5.74) is 4.22. The van der Waals surface area contributed by atoms with E-state index in [2.05, 4.69) is 9.97 Å². The molecule has 4 aromatic rings. The number of pyridine rings is 1. The lowest BCUT2D eigenvalue weighted by Gasteiger charge is -2.14. The van der Waals surface area contributed by atoms with Crippen LogP contribution in [0.25, 0.3) is 33.3 Å². The number of carbonyl (C=O) groups excluding carboxylic acids is 1. The van der Waals surface area contributed by atoms with Crippen LogP contribution in [-0.4, -0.2) is 47.1 Å². The lowest BCUT2D eigenvalue weighted by molar-refractivity contribution is 0.0824. The van der Waals surface area contributed by atoms with Crippen LogP contribution in [0.1, 0.15) is 10.4 Å². The van der Waals surface area contributed by atoms with Gasteiger partial charge < -0.3 is 19.7 Å². The summed E-state index contributed by atoms with van der Waals surface area (Å²) in [6.45, 7) is 0. The molecule has 0 aliphatic carbocycles. The van der Waals surface area contributed by atoms with Crippen LogP contribution in [0.15, 0.2) is 54.9 Å². The van der Waals surface area contributed by atoms with Crippen LogP contribution in [0.2, 0.25) is 5.02 Å². The van der Waals surface area contributed by atoms with Crippen LogP contribution < -0.4 is 4.74 Å². The van der Waals surface area contributed by atoms with Crippen molar-refractivity contribution in [3.8, 4) is 33.8 Å². The second kappa shape index (κ2) is 7.72. The van der Waals surface area contributed by atoms with E-state index in [1.165, 1.54) is 4.90 Å². The molecule has 2 N–H and O–H groups in total. The van der Waals surface area contributed by atoms with Crippen molar-refractivity contribution in [3.05, 3.63) is 65.4 Å². The number of hydrogen-bond donors (Lipinski definition) is 2. The third kappa shape index (κ3) is 3.35. The van der Waals surface area contributed by atoms with Crippen molar-refractivity contribution in [1.82, 2.24) is 14.9 Å². The maximum absolute atomic E-state index is 12.5. The van der Waals surface area contributed by atoms with Gasteiger partial charge in [0.05, 0.1) is 17.7 Å². The quantitative estimate of drug-likeness (QED) is 0.487. The van der Waals surface area contributed by atoms with E-state index in [9.17, 15) is 9.90 Å². The Kier molecular flexibility index (Phi) is 5.10. The number of aromatic nitrogens is 2. The van der Waals surface area contributed by atoms with Crippen molar-refractivity contribution in [2.24, 2.45) is 0 Å². The van der Waals surface area contributed by atoms with Crippen LogP contribution in [0, 0.1) is 0 Å². The van der Waals surface area contributed by atoms with E-state index < -0.39 is 0 Å². The normalized spacial score (nSPS) is 10.9. The Hall–Kier alpha value is -3.51. The summed E-state index contributed by atoms with van der Waals surface area (Å²) in [5.74, 6) is 0.196. The van der Waals surface area contributed by atoms with Gasteiger partial charge in [-0.3, -0.25) is 4.79 Å². The first-order valence-electron chi connectivity index (χ1n) is 9.25. The minimum atomic E-state index is -0.332. The number of halogens is 1. The zero-order chi connectivity index (χ0) is 21.4. The summed E-state index contributed by atoms with van der Waals surface area (Å²) in [6.07, 6.45) is 3.60. The molecule has 0 radical (unpaired) electrons. The SMILES string of the molecule is COc1ccccc1-c1c[nH]c2ncc(-c3cc(Cl)c(O)c(C(=O)N(C)C)c3)cc12. The van der Waals surface area contributed by atoms with Gasteiger partial charge in [0.2, 0.25) is 0 Å². The highest BCUT2D eigenvalue weighted by atomic mass is 35.5. The average Bonchev–Trinajstić information content (AvgIpc) is 3.18. The van der Waals surface area contributed by atoms with Gasteiger partial charge in [0, 0.05) is 48.6 Å². The second-order valence-corrected chi connectivity index (χ2v) is 7.48. The lowest BCUT2D eigenvalue weighted by Crippen LogP contribution is -2.21. The molecule has 0 bridgehead atoms. The van der Waals surface area contributed by atoms with Crippen molar-refractivity contribution in [2.45, 2.75) is 0 Å². The molecule has 0 spiro atoms. The number of ether oxygens (including phenoxy) is 1. The Morgan fingerprint density at radius 1 is 1.13 bits per heavy atom. The number of benzene rings is 2. The number of para-hydroxylation sites is 1. The summed E-state index contributed by atoms with van der Waals surface area (Å²) in [6, 6.07) is 13.0. The van der Waals surface area contributed by atoms with E-state index in [1.54, 1.807) is 39.5 Å². The number of aromatic hydroxyl groups is 1. The summed E-state index contributed by atoms with van der Waals surface area (Å²) in [7, 11) is 4.88. The largest absolute Gasteiger partial charge is 0.506 e. The highest BCUT2D eigenvalue weighted by Gasteiger charge is 2.19. The summed E-state index contributed by atoms with van der Waals surface area (Å²) in [4.78, 5) is 21.6. The average molecular weight is 422 g/mol. The first-order chi connectivity index (χ1) is 14.4. The van der Waals surface area contributed by atoms with E-state index in [-0.39, 0.29) is 22.2 Å². The van der Waals surface area contributed by atoms with E-state index in [0.717, 1.165) is 33.5 Å². The van der Waals surface area contributed by atoms with Gasteiger partial charge in [0.25, 0.3) is 5.91 Å². The predicted molar refractivity (Wildman–Crippen MR) is 118 cm³/mol. The molecule has 30 heavy (non-hydrogen) atoms. The molecule has 2 heterocycles. The first-order valence-corrected chi connectivity index (χ1v) is 9.63. The Balaban J connectivity index is 1.88. The Bertz CT molecular complexity index is 1260. The molecule has 2 aromatic heterocycles. The smallest absolute Gasteiger partial charge is 0.257 e. The number of aromatic amines is 1. The fourth-order valence-corrected chi connectivity index (χ4v) is 3.64. The Morgan fingerprint density at radius 3 is 2.63 bits per heavy atom. The van der Waals surface area contributed by atoms with Crippen molar-refractivity contribution in [3.63, 3.8) is 0 Å². The third-order valence-corrected chi connectivity index (χ3v) is 5.25. The molecule has 4 rings (SSSR count). The number of fused-ring (bicyclic) bond motifs is 1. The molecular weight excluding hydrogens is 402 g/mol. The molecule has 0 atom stereocenters. The fourth-order valence-electron chi connectivity index (χ4n) is 3.42.